The fourth-order valence-corrected chi connectivity index (χ4v) is 2.76. The largest absolute Gasteiger partial charge is 0.463 e. The number of nitrogens with zero attached hydrogens (tertiary/aromatic N) is 1. The lowest BCUT2D eigenvalue weighted by Crippen LogP contribution is -2.52. The molecule has 2 rings (SSSR count). The predicted molar refractivity (Wildman–Crippen MR) is 81.7 cm³/mol. The van der Waals surface area contributed by atoms with Gasteiger partial charge in [0.25, 0.3) is 5.67 Å². The van der Waals surface area contributed by atoms with E-state index in [1.165, 1.54) is 31.2 Å². The third-order valence-electron chi connectivity index (χ3n) is 3.98. The molecule has 2 atom stereocenters. The van der Waals surface area contributed by atoms with Crippen LogP contribution in [0.4, 0.5) is 4.39 Å². The number of rotatable bonds is 6. The number of carbonyl (C=O) groups is 4. The molecule has 6 nitrogen and oxygen atoms in total. The van der Waals surface area contributed by atoms with Crippen LogP contribution in [0.5, 0.6) is 0 Å². The first-order valence-corrected chi connectivity index (χ1v) is 7.68. The lowest BCUT2D eigenvalue weighted by molar-refractivity contribution is -0.160. The van der Waals surface area contributed by atoms with Crippen LogP contribution in [0.25, 0.3) is 0 Å². The molecule has 1 saturated heterocycles. The van der Waals surface area contributed by atoms with Crippen LogP contribution in [0.1, 0.15) is 30.6 Å². The Morgan fingerprint density at radius 2 is 1.88 bits per heavy atom. The summed E-state index contributed by atoms with van der Waals surface area (Å²) in [6.07, 6.45) is -0.541. The summed E-state index contributed by atoms with van der Waals surface area (Å²) < 4.78 is 20.4. The summed E-state index contributed by atoms with van der Waals surface area (Å²) >= 11 is 0. The molecule has 7 heteroatoms. The van der Waals surface area contributed by atoms with Crippen LogP contribution in [0.15, 0.2) is 30.3 Å². The van der Waals surface area contributed by atoms with Gasteiger partial charge in [0.2, 0.25) is 17.6 Å². The topological polar surface area (TPSA) is 80.8 Å². The Labute approximate surface area is 138 Å². The number of benzene rings is 1. The molecule has 1 aromatic carbocycles. The summed E-state index contributed by atoms with van der Waals surface area (Å²) in [5, 5.41) is 0. The molecular weight excluding hydrogens is 317 g/mol. The Morgan fingerprint density at radius 3 is 2.38 bits per heavy atom. The maximum atomic E-state index is 15.7. The molecule has 0 N–H and O–H groups in total. The Bertz CT molecular complexity index is 675. The smallest absolute Gasteiger partial charge is 0.353 e. The molecule has 0 aliphatic carbocycles. The molecule has 0 radical (unpaired) electrons. The van der Waals surface area contributed by atoms with E-state index in [2.05, 4.69) is 0 Å². The van der Waals surface area contributed by atoms with Crippen LogP contribution in [0, 0.1) is 5.92 Å². The summed E-state index contributed by atoms with van der Waals surface area (Å²) in [5.41, 5.74) is -3.29. The Morgan fingerprint density at radius 1 is 1.25 bits per heavy atom. The van der Waals surface area contributed by atoms with E-state index in [1.807, 2.05) is 0 Å². The minimum absolute atomic E-state index is 0.0482. The molecule has 2 amide bonds. The minimum atomic E-state index is -3.23. The van der Waals surface area contributed by atoms with E-state index < -0.39 is 41.6 Å². The number of amides is 2. The van der Waals surface area contributed by atoms with Crippen LogP contribution in [0.2, 0.25) is 0 Å². The van der Waals surface area contributed by atoms with Crippen LogP contribution < -0.4 is 0 Å². The van der Waals surface area contributed by atoms with Gasteiger partial charge >= 0.3 is 5.97 Å². The first-order chi connectivity index (χ1) is 11.4. The third kappa shape index (κ3) is 2.81. The molecule has 1 heterocycles. The number of hydrogen-bond donors (Lipinski definition) is 0. The fraction of sp³-hybridized carbons (Fsp3) is 0.412. The summed E-state index contributed by atoms with van der Waals surface area (Å²) in [5.74, 6) is -5.81. The minimum Gasteiger partial charge on any atom is -0.463 e. The molecule has 0 bridgehead atoms. The third-order valence-corrected chi connectivity index (χ3v) is 3.98. The van der Waals surface area contributed by atoms with Crippen LogP contribution in [-0.2, 0) is 19.1 Å². The van der Waals surface area contributed by atoms with Gasteiger partial charge in [-0.15, -0.1) is 0 Å². The van der Waals surface area contributed by atoms with Gasteiger partial charge in [-0.3, -0.25) is 19.3 Å². The van der Waals surface area contributed by atoms with Crippen molar-refractivity contribution >= 4 is 23.6 Å². The van der Waals surface area contributed by atoms with Gasteiger partial charge < -0.3 is 4.74 Å². The predicted octanol–water partition coefficient (Wildman–Crippen LogP) is 1.54. The zero-order valence-corrected chi connectivity index (χ0v) is 13.5. The van der Waals surface area contributed by atoms with Crippen molar-refractivity contribution in [3.8, 4) is 0 Å². The monoisotopic (exact) mass is 335 g/mol. The van der Waals surface area contributed by atoms with Crippen LogP contribution >= 0.6 is 0 Å². The highest BCUT2D eigenvalue weighted by molar-refractivity contribution is 6.20. The van der Waals surface area contributed by atoms with E-state index in [-0.39, 0.29) is 18.7 Å². The zero-order valence-electron chi connectivity index (χ0n) is 13.5. The second-order valence-corrected chi connectivity index (χ2v) is 5.36. The molecule has 1 aliphatic rings. The average molecular weight is 335 g/mol. The summed E-state index contributed by atoms with van der Waals surface area (Å²) in [4.78, 5) is 49.9. The van der Waals surface area contributed by atoms with Gasteiger partial charge in [-0.1, -0.05) is 30.3 Å². The number of halogens is 1. The summed E-state index contributed by atoms with van der Waals surface area (Å²) in [6.45, 7) is 2.91. The molecule has 0 spiro atoms. The van der Waals surface area contributed by atoms with Crippen molar-refractivity contribution in [1.29, 1.82) is 0 Å². The molecular formula is C17H18FNO5. The molecule has 0 unspecified atom stereocenters. The molecule has 128 valence electrons. The van der Waals surface area contributed by atoms with Crippen LogP contribution in [0.3, 0.4) is 0 Å². The standard InChI is InChI=1S/C17H18FNO5/c1-3-19-13(20)10-12(15(19)22)17(18,16(23)24-4-2)14(21)11-8-6-5-7-9-11/h5-9,12H,3-4,10H2,1-2H3/t12-,17+/m0/s1. The number of ketones is 1. The van der Waals surface area contributed by atoms with Crippen molar-refractivity contribution in [3.05, 3.63) is 35.9 Å². The summed E-state index contributed by atoms with van der Waals surface area (Å²) in [6, 6.07) is 7.34. The number of imide groups is 1. The van der Waals surface area contributed by atoms with Crippen LogP contribution in [-0.4, -0.2) is 47.3 Å². The summed E-state index contributed by atoms with van der Waals surface area (Å²) in [7, 11) is 0. The Kier molecular flexibility index (Phi) is 5.11. The first kappa shape index (κ1) is 17.8. The van der Waals surface area contributed by atoms with Crippen molar-refractivity contribution in [1.82, 2.24) is 4.90 Å². The molecule has 1 fully saturated rings. The van der Waals surface area contributed by atoms with E-state index >= 15 is 4.39 Å². The Hall–Kier alpha value is -2.57. The number of carbonyl (C=O) groups excluding carboxylic acids is 4. The van der Waals surface area contributed by atoms with Gasteiger partial charge in [-0.05, 0) is 13.8 Å². The van der Waals surface area contributed by atoms with Crippen molar-refractivity contribution < 1.29 is 28.3 Å². The number of hydrogen-bond acceptors (Lipinski definition) is 5. The molecule has 0 saturated carbocycles. The lowest BCUT2D eigenvalue weighted by Gasteiger charge is -2.26. The molecule has 24 heavy (non-hydrogen) atoms. The first-order valence-electron chi connectivity index (χ1n) is 7.68. The number of likely N-dealkylation sites (tertiary alicyclic amines) is 1. The number of ether oxygens (including phenoxy) is 1. The van der Waals surface area contributed by atoms with Gasteiger partial charge in [-0.2, -0.15) is 0 Å². The van der Waals surface area contributed by atoms with Crippen molar-refractivity contribution in [2.45, 2.75) is 25.9 Å². The maximum absolute atomic E-state index is 15.7. The van der Waals surface area contributed by atoms with Gasteiger partial charge in [-0.25, -0.2) is 9.18 Å². The number of Topliss-reactive ketones (excluding diaryl/α,β-unsaturated/α-hetero) is 1. The van der Waals surface area contributed by atoms with Gasteiger partial charge in [0.1, 0.15) is 5.92 Å². The zero-order chi connectivity index (χ0) is 17.9. The van der Waals surface area contributed by atoms with Crippen molar-refractivity contribution in [3.63, 3.8) is 0 Å². The van der Waals surface area contributed by atoms with Crippen molar-refractivity contribution in [2.75, 3.05) is 13.2 Å². The highest BCUT2D eigenvalue weighted by Crippen LogP contribution is 2.36. The average Bonchev–Trinajstić information content (AvgIpc) is 2.88. The van der Waals surface area contributed by atoms with E-state index in [4.69, 9.17) is 4.74 Å². The highest BCUT2D eigenvalue weighted by atomic mass is 19.1. The lowest BCUT2D eigenvalue weighted by atomic mass is 9.81. The van der Waals surface area contributed by atoms with E-state index in [0.717, 1.165) is 4.90 Å². The maximum Gasteiger partial charge on any atom is 0.353 e. The van der Waals surface area contributed by atoms with Gasteiger partial charge in [0, 0.05) is 18.5 Å². The quantitative estimate of drug-likeness (QED) is 0.341. The van der Waals surface area contributed by atoms with Crippen molar-refractivity contribution in [2.24, 2.45) is 5.92 Å². The molecule has 1 aliphatic heterocycles. The van der Waals surface area contributed by atoms with E-state index in [0.29, 0.717) is 0 Å². The number of esters is 1. The number of alkyl halides is 1. The Balaban J connectivity index is 2.49. The van der Waals surface area contributed by atoms with E-state index in [1.54, 1.807) is 13.0 Å². The SMILES string of the molecule is CCOC(=O)[C@](F)(C(=O)c1ccccc1)[C@H]1CC(=O)N(CC)C1=O. The normalized spacial score (nSPS) is 20.0. The van der Waals surface area contributed by atoms with Gasteiger partial charge in [0.05, 0.1) is 6.61 Å². The van der Waals surface area contributed by atoms with E-state index in [9.17, 15) is 19.2 Å². The molecule has 0 aromatic heterocycles. The van der Waals surface area contributed by atoms with Gasteiger partial charge in [0.15, 0.2) is 0 Å². The second-order valence-electron chi connectivity index (χ2n) is 5.36. The fourth-order valence-electron chi connectivity index (χ4n) is 2.76. The second kappa shape index (κ2) is 6.90. The molecule has 1 aromatic rings. The highest BCUT2D eigenvalue weighted by Gasteiger charge is 2.61.